The zero-order valence-corrected chi connectivity index (χ0v) is 16.1. The van der Waals surface area contributed by atoms with Crippen LogP contribution >= 0.6 is 0 Å². The van der Waals surface area contributed by atoms with Gasteiger partial charge in [-0.15, -0.1) is 0 Å². The van der Waals surface area contributed by atoms with E-state index < -0.39 is 15.6 Å². The minimum absolute atomic E-state index is 0.0456. The highest BCUT2D eigenvalue weighted by molar-refractivity contribution is 7.88. The van der Waals surface area contributed by atoms with Gasteiger partial charge >= 0.3 is 0 Å². The molecule has 3 atom stereocenters. The van der Waals surface area contributed by atoms with E-state index in [0.717, 1.165) is 5.56 Å². The van der Waals surface area contributed by atoms with Gasteiger partial charge in [-0.2, -0.15) is 4.31 Å². The molecule has 8 heteroatoms. The first kappa shape index (κ1) is 18.8. The van der Waals surface area contributed by atoms with E-state index in [0.29, 0.717) is 19.5 Å². The Morgan fingerprint density at radius 1 is 1.15 bits per heavy atom. The molecule has 7 nitrogen and oxygen atoms in total. The van der Waals surface area contributed by atoms with Gasteiger partial charge in [0.15, 0.2) is 0 Å². The van der Waals surface area contributed by atoms with Crippen molar-refractivity contribution in [2.24, 2.45) is 5.92 Å². The van der Waals surface area contributed by atoms with Crippen molar-refractivity contribution in [3.63, 3.8) is 0 Å². The molecule has 0 aliphatic carbocycles. The molecule has 0 unspecified atom stereocenters. The summed E-state index contributed by atoms with van der Waals surface area (Å²) in [5, 5.41) is 3.00. The van der Waals surface area contributed by atoms with E-state index in [1.807, 2.05) is 30.3 Å². The van der Waals surface area contributed by atoms with Crippen LogP contribution in [0.25, 0.3) is 0 Å². The smallest absolute Gasteiger partial charge is 0.220 e. The number of amides is 2. The average Bonchev–Trinajstić information content (AvgIpc) is 2.88. The summed E-state index contributed by atoms with van der Waals surface area (Å²) in [5.41, 5.74) is 0.229. The molecule has 2 fully saturated rings. The van der Waals surface area contributed by atoms with Crippen LogP contribution in [0, 0.1) is 5.92 Å². The molecular formula is C18H25N3O4S. The fourth-order valence-corrected chi connectivity index (χ4v) is 5.39. The third-order valence-electron chi connectivity index (χ3n) is 5.47. The van der Waals surface area contributed by atoms with E-state index in [2.05, 4.69) is 5.32 Å². The van der Waals surface area contributed by atoms with Crippen LogP contribution in [0.1, 0.15) is 31.9 Å². The predicted octanol–water partition coefficient (Wildman–Crippen LogP) is 0.746. The number of hydrogen-bond acceptors (Lipinski definition) is 4. The number of carbonyl (C=O) groups is 2. The maximum absolute atomic E-state index is 12.4. The quantitative estimate of drug-likeness (QED) is 0.839. The number of rotatable bonds is 3. The van der Waals surface area contributed by atoms with Gasteiger partial charge in [-0.1, -0.05) is 30.3 Å². The minimum atomic E-state index is -3.38. The highest BCUT2D eigenvalue weighted by atomic mass is 32.2. The summed E-state index contributed by atoms with van der Waals surface area (Å²) in [4.78, 5) is 26.1. The highest BCUT2D eigenvalue weighted by Crippen LogP contribution is 2.47. The van der Waals surface area contributed by atoms with Crippen LogP contribution in [0.5, 0.6) is 0 Å². The molecule has 2 heterocycles. The van der Waals surface area contributed by atoms with Crippen LogP contribution in [0.4, 0.5) is 0 Å². The molecule has 2 saturated heterocycles. The van der Waals surface area contributed by atoms with Crippen LogP contribution in [0.3, 0.4) is 0 Å². The van der Waals surface area contributed by atoms with Gasteiger partial charge in [-0.3, -0.25) is 9.59 Å². The van der Waals surface area contributed by atoms with Gasteiger partial charge in [0.05, 0.1) is 17.8 Å². The van der Waals surface area contributed by atoms with E-state index in [4.69, 9.17) is 0 Å². The molecular weight excluding hydrogens is 354 g/mol. The lowest BCUT2D eigenvalue weighted by Crippen LogP contribution is -2.64. The fraction of sp³-hybridized carbons (Fsp3) is 0.556. The average molecular weight is 379 g/mol. The third-order valence-corrected chi connectivity index (χ3v) is 6.72. The Hall–Kier alpha value is -1.93. The SMILES string of the molecule is CC(=O)N[C@]12CN(C(C)=O)[C@H](c3ccccc3)[C@H]1CCN(S(C)(=O)=O)C2. The monoisotopic (exact) mass is 379 g/mol. The van der Waals surface area contributed by atoms with Gasteiger partial charge in [0.2, 0.25) is 21.8 Å². The Morgan fingerprint density at radius 3 is 2.35 bits per heavy atom. The standard InChI is InChI=1S/C18H25N3O4S/c1-13(22)19-18-11-20(26(3,24)25)10-9-16(18)17(21(12-18)14(2)23)15-7-5-4-6-8-15/h4-8,16-17H,9-12H2,1-3H3,(H,19,22)/t16-,17-,18-/m1/s1. The van der Waals surface area contributed by atoms with Crippen LogP contribution in [0.15, 0.2) is 30.3 Å². The maximum Gasteiger partial charge on any atom is 0.220 e. The predicted molar refractivity (Wildman–Crippen MR) is 97.6 cm³/mol. The summed E-state index contributed by atoms with van der Waals surface area (Å²) in [5.74, 6) is -0.345. The molecule has 2 aliphatic rings. The number of nitrogens with one attached hydrogen (secondary N) is 1. The van der Waals surface area contributed by atoms with Crippen molar-refractivity contribution in [2.45, 2.75) is 31.8 Å². The number of piperidine rings is 1. The number of hydrogen-bond donors (Lipinski definition) is 1. The van der Waals surface area contributed by atoms with Crippen molar-refractivity contribution in [3.05, 3.63) is 35.9 Å². The van der Waals surface area contributed by atoms with Crippen molar-refractivity contribution in [3.8, 4) is 0 Å². The second kappa shape index (κ2) is 6.66. The maximum atomic E-state index is 12.4. The lowest BCUT2D eigenvalue weighted by atomic mass is 9.76. The second-order valence-corrected chi connectivity index (χ2v) is 9.31. The van der Waals surface area contributed by atoms with E-state index in [1.165, 1.54) is 24.4 Å². The minimum Gasteiger partial charge on any atom is -0.347 e. The Morgan fingerprint density at radius 2 is 1.81 bits per heavy atom. The molecule has 0 radical (unpaired) electrons. The topological polar surface area (TPSA) is 86.8 Å². The lowest BCUT2D eigenvalue weighted by Gasteiger charge is -2.44. The van der Waals surface area contributed by atoms with Crippen LogP contribution in [0.2, 0.25) is 0 Å². The number of carbonyl (C=O) groups excluding carboxylic acids is 2. The molecule has 0 bridgehead atoms. The molecule has 3 rings (SSSR count). The van der Waals surface area contributed by atoms with Gasteiger partial charge in [-0.25, -0.2) is 8.42 Å². The van der Waals surface area contributed by atoms with Gasteiger partial charge < -0.3 is 10.2 Å². The van der Waals surface area contributed by atoms with E-state index in [9.17, 15) is 18.0 Å². The summed E-state index contributed by atoms with van der Waals surface area (Å²) >= 11 is 0. The first-order valence-corrected chi connectivity index (χ1v) is 10.5. The second-order valence-electron chi connectivity index (χ2n) is 7.33. The highest BCUT2D eigenvalue weighted by Gasteiger charge is 2.57. The van der Waals surface area contributed by atoms with Crippen LogP contribution in [-0.4, -0.2) is 60.9 Å². The summed E-state index contributed by atoms with van der Waals surface area (Å²) in [6.45, 7) is 3.82. The molecule has 0 spiro atoms. The normalized spacial score (nSPS) is 29.3. The number of nitrogens with zero attached hydrogens (tertiary/aromatic N) is 2. The molecule has 2 aliphatic heterocycles. The van der Waals surface area contributed by atoms with Crippen molar-refractivity contribution < 1.29 is 18.0 Å². The van der Waals surface area contributed by atoms with Crippen LogP contribution in [-0.2, 0) is 19.6 Å². The lowest BCUT2D eigenvalue weighted by molar-refractivity contribution is -0.130. The molecule has 1 aromatic rings. The summed E-state index contributed by atoms with van der Waals surface area (Å²) in [6, 6.07) is 9.56. The first-order valence-electron chi connectivity index (χ1n) is 8.70. The Labute approximate surface area is 154 Å². The number of fused-ring (bicyclic) bond motifs is 1. The number of benzene rings is 1. The Bertz CT molecular complexity index is 811. The van der Waals surface area contributed by atoms with Crippen LogP contribution < -0.4 is 5.32 Å². The zero-order valence-electron chi connectivity index (χ0n) is 15.3. The molecule has 26 heavy (non-hydrogen) atoms. The van der Waals surface area contributed by atoms with Gasteiger partial charge in [0.25, 0.3) is 0 Å². The Balaban J connectivity index is 2.07. The molecule has 0 aromatic heterocycles. The van der Waals surface area contributed by atoms with E-state index in [-0.39, 0.29) is 30.3 Å². The van der Waals surface area contributed by atoms with Crippen molar-refractivity contribution >= 4 is 21.8 Å². The zero-order chi connectivity index (χ0) is 19.1. The summed E-state index contributed by atoms with van der Waals surface area (Å²) < 4.78 is 25.6. The third kappa shape index (κ3) is 3.35. The molecule has 1 aromatic carbocycles. The van der Waals surface area contributed by atoms with E-state index >= 15 is 0 Å². The summed E-state index contributed by atoms with van der Waals surface area (Å²) in [7, 11) is -3.38. The number of likely N-dealkylation sites (tertiary alicyclic amines) is 1. The Kier molecular flexibility index (Phi) is 4.83. The van der Waals surface area contributed by atoms with E-state index in [1.54, 1.807) is 4.90 Å². The van der Waals surface area contributed by atoms with Crippen molar-refractivity contribution in [2.75, 3.05) is 25.9 Å². The largest absolute Gasteiger partial charge is 0.347 e. The molecule has 1 N–H and O–H groups in total. The molecule has 2 amide bonds. The first-order chi connectivity index (χ1) is 12.1. The number of sulfonamides is 1. The summed E-state index contributed by atoms with van der Waals surface area (Å²) in [6.07, 6.45) is 1.76. The van der Waals surface area contributed by atoms with Gasteiger partial charge in [0, 0.05) is 39.4 Å². The van der Waals surface area contributed by atoms with Crippen molar-refractivity contribution in [1.29, 1.82) is 0 Å². The molecule has 0 saturated carbocycles. The fourth-order valence-electron chi connectivity index (χ4n) is 4.49. The van der Waals surface area contributed by atoms with Gasteiger partial charge in [-0.05, 0) is 12.0 Å². The molecule has 142 valence electrons. The van der Waals surface area contributed by atoms with Gasteiger partial charge in [0.1, 0.15) is 0 Å². The van der Waals surface area contributed by atoms with Crippen molar-refractivity contribution in [1.82, 2.24) is 14.5 Å².